The van der Waals surface area contributed by atoms with Gasteiger partial charge in [0.25, 0.3) is 0 Å². The molecule has 5 nitrogen and oxygen atoms in total. The molecule has 3 rings (SSSR count). The van der Waals surface area contributed by atoms with Crippen LogP contribution in [0.25, 0.3) is 0 Å². The highest BCUT2D eigenvalue weighted by Gasteiger charge is 2.29. The first kappa shape index (κ1) is 17.7. The van der Waals surface area contributed by atoms with E-state index in [-0.39, 0.29) is 18.3 Å². The van der Waals surface area contributed by atoms with Crippen LogP contribution >= 0.6 is 23.7 Å². The van der Waals surface area contributed by atoms with Crippen molar-refractivity contribution in [3.8, 4) is 0 Å². The first-order valence-corrected chi connectivity index (χ1v) is 8.73. The molecule has 1 N–H and O–H groups in total. The van der Waals surface area contributed by atoms with Crippen molar-refractivity contribution in [1.29, 1.82) is 0 Å². The van der Waals surface area contributed by atoms with E-state index in [1.165, 1.54) is 0 Å². The van der Waals surface area contributed by atoms with Crippen molar-refractivity contribution >= 4 is 29.7 Å². The highest BCUT2D eigenvalue weighted by Crippen LogP contribution is 2.21. The van der Waals surface area contributed by atoms with E-state index < -0.39 is 0 Å². The number of nitrogens with one attached hydrogen (secondary N) is 1. The van der Waals surface area contributed by atoms with Gasteiger partial charge in [0.2, 0.25) is 5.91 Å². The molecule has 2 aliphatic rings. The number of aromatic nitrogens is 1. The van der Waals surface area contributed by atoms with Gasteiger partial charge >= 0.3 is 0 Å². The third-order valence-corrected chi connectivity index (χ3v) is 5.16. The van der Waals surface area contributed by atoms with Crippen LogP contribution in [0.3, 0.4) is 0 Å². The first-order chi connectivity index (χ1) is 10.2. The van der Waals surface area contributed by atoms with Gasteiger partial charge < -0.3 is 10.2 Å². The summed E-state index contributed by atoms with van der Waals surface area (Å²) in [5.74, 6) is 0.534. The number of nitrogens with zero attached hydrogens (tertiary/aromatic N) is 3. The molecule has 0 spiro atoms. The predicted octanol–water partition coefficient (Wildman–Crippen LogP) is 1.52. The monoisotopic (exact) mass is 344 g/mol. The van der Waals surface area contributed by atoms with Gasteiger partial charge in [-0.25, -0.2) is 4.98 Å². The van der Waals surface area contributed by atoms with E-state index in [0.29, 0.717) is 5.91 Å². The van der Waals surface area contributed by atoms with Crippen LogP contribution in [0.1, 0.15) is 23.5 Å². The molecular weight excluding hydrogens is 320 g/mol. The van der Waals surface area contributed by atoms with E-state index in [1.54, 1.807) is 11.3 Å². The van der Waals surface area contributed by atoms with E-state index in [1.807, 2.05) is 11.8 Å². The highest BCUT2D eigenvalue weighted by molar-refractivity contribution is 7.09. The van der Waals surface area contributed by atoms with Crippen LogP contribution in [0.15, 0.2) is 5.38 Å². The number of piperazine rings is 1. The Hall–Kier alpha value is -0.690. The number of hydrogen-bond acceptors (Lipinski definition) is 5. The van der Waals surface area contributed by atoms with Gasteiger partial charge in [-0.1, -0.05) is 0 Å². The second kappa shape index (κ2) is 8.24. The minimum atomic E-state index is 0. The molecule has 2 aliphatic heterocycles. The molecule has 1 amide bonds. The van der Waals surface area contributed by atoms with Gasteiger partial charge in [0.1, 0.15) is 0 Å². The summed E-state index contributed by atoms with van der Waals surface area (Å²) in [6.07, 6.45) is 2.15. The number of piperidine rings is 1. The number of aryl methyl sites for hydroxylation is 1. The number of halogens is 1. The fourth-order valence-electron chi connectivity index (χ4n) is 3.25. The Balaban J connectivity index is 0.00000176. The summed E-state index contributed by atoms with van der Waals surface area (Å²) in [6.45, 7) is 8.49. The molecule has 2 fully saturated rings. The molecule has 0 aromatic carbocycles. The maximum absolute atomic E-state index is 12.6. The maximum Gasteiger partial charge on any atom is 0.227 e. The average Bonchev–Trinajstić information content (AvgIpc) is 2.93. The van der Waals surface area contributed by atoms with Crippen molar-refractivity contribution in [2.75, 3.05) is 39.3 Å². The zero-order valence-corrected chi connectivity index (χ0v) is 14.7. The average molecular weight is 345 g/mol. The van der Waals surface area contributed by atoms with Crippen molar-refractivity contribution in [3.63, 3.8) is 0 Å². The fourth-order valence-corrected chi connectivity index (χ4v) is 3.86. The summed E-state index contributed by atoms with van der Waals surface area (Å²) >= 11 is 1.70. The van der Waals surface area contributed by atoms with Crippen LogP contribution in [-0.2, 0) is 11.3 Å². The number of thiazole rings is 1. The zero-order chi connectivity index (χ0) is 14.7. The molecule has 0 radical (unpaired) electrons. The van der Waals surface area contributed by atoms with Gasteiger partial charge in [0.15, 0.2) is 0 Å². The fraction of sp³-hybridized carbons (Fsp3) is 0.733. The van der Waals surface area contributed by atoms with Crippen LogP contribution in [-0.4, -0.2) is 60.0 Å². The van der Waals surface area contributed by atoms with Gasteiger partial charge in [-0.3, -0.25) is 9.69 Å². The third kappa shape index (κ3) is 4.41. The number of likely N-dealkylation sites (tertiary alicyclic amines) is 1. The smallest absolute Gasteiger partial charge is 0.227 e. The molecule has 1 unspecified atom stereocenters. The topological polar surface area (TPSA) is 48.5 Å². The van der Waals surface area contributed by atoms with Gasteiger partial charge in [-0.05, 0) is 26.3 Å². The van der Waals surface area contributed by atoms with Crippen molar-refractivity contribution < 1.29 is 4.79 Å². The van der Waals surface area contributed by atoms with Gasteiger partial charge in [-0.15, -0.1) is 23.7 Å². The quantitative estimate of drug-likeness (QED) is 0.903. The van der Waals surface area contributed by atoms with E-state index in [9.17, 15) is 4.79 Å². The summed E-state index contributed by atoms with van der Waals surface area (Å²) < 4.78 is 0. The Labute approximate surface area is 142 Å². The Kier molecular flexibility index (Phi) is 6.62. The van der Waals surface area contributed by atoms with Crippen LogP contribution in [0.5, 0.6) is 0 Å². The van der Waals surface area contributed by atoms with Gasteiger partial charge in [0.05, 0.1) is 16.6 Å². The molecule has 22 heavy (non-hydrogen) atoms. The van der Waals surface area contributed by atoms with E-state index in [0.717, 1.165) is 69.4 Å². The van der Waals surface area contributed by atoms with Crippen molar-refractivity contribution in [2.45, 2.75) is 26.3 Å². The largest absolute Gasteiger partial charge is 0.340 e. The molecule has 2 saturated heterocycles. The summed E-state index contributed by atoms with van der Waals surface area (Å²) in [5.41, 5.74) is 1.15. The van der Waals surface area contributed by atoms with E-state index >= 15 is 0 Å². The lowest BCUT2D eigenvalue weighted by molar-refractivity contribution is -0.138. The molecule has 3 heterocycles. The zero-order valence-electron chi connectivity index (χ0n) is 13.1. The summed E-state index contributed by atoms with van der Waals surface area (Å²) in [5, 5.41) is 6.56. The van der Waals surface area contributed by atoms with Gasteiger partial charge in [0, 0.05) is 44.6 Å². The standard InChI is InChI=1S/C15H24N4OS.ClH/c1-12-17-14(11-21-12)10-18-6-2-3-13(9-18)15(20)19-7-4-16-5-8-19;/h11,13,16H,2-10H2,1H3;1H. The van der Waals surface area contributed by atoms with E-state index in [2.05, 4.69) is 20.6 Å². The third-order valence-electron chi connectivity index (χ3n) is 4.34. The maximum atomic E-state index is 12.6. The predicted molar refractivity (Wildman–Crippen MR) is 91.5 cm³/mol. The Bertz CT molecular complexity index is 490. The van der Waals surface area contributed by atoms with Gasteiger partial charge in [-0.2, -0.15) is 0 Å². The minimum Gasteiger partial charge on any atom is -0.340 e. The number of amides is 1. The molecule has 1 aromatic rings. The SMILES string of the molecule is Cc1nc(CN2CCCC(C(=O)N3CCNCC3)C2)cs1.Cl. The number of carbonyl (C=O) groups is 1. The Morgan fingerprint density at radius 1 is 1.41 bits per heavy atom. The number of carbonyl (C=O) groups excluding carboxylic acids is 1. The number of hydrogen-bond donors (Lipinski definition) is 1. The van der Waals surface area contributed by atoms with Crippen molar-refractivity contribution in [2.24, 2.45) is 5.92 Å². The van der Waals surface area contributed by atoms with Crippen LogP contribution < -0.4 is 5.32 Å². The van der Waals surface area contributed by atoms with Crippen LogP contribution in [0.2, 0.25) is 0 Å². The summed E-state index contributed by atoms with van der Waals surface area (Å²) in [7, 11) is 0. The molecule has 124 valence electrons. The van der Waals surface area contributed by atoms with Crippen LogP contribution in [0.4, 0.5) is 0 Å². The van der Waals surface area contributed by atoms with E-state index in [4.69, 9.17) is 0 Å². The van der Waals surface area contributed by atoms with Crippen molar-refractivity contribution in [1.82, 2.24) is 20.1 Å². The lowest BCUT2D eigenvalue weighted by atomic mass is 9.96. The Morgan fingerprint density at radius 2 is 2.18 bits per heavy atom. The minimum absolute atomic E-state index is 0. The highest BCUT2D eigenvalue weighted by atomic mass is 35.5. The second-order valence-electron chi connectivity index (χ2n) is 6.01. The normalized spacial score (nSPS) is 23.1. The second-order valence-corrected chi connectivity index (χ2v) is 7.07. The van der Waals surface area contributed by atoms with Crippen molar-refractivity contribution in [3.05, 3.63) is 16.1 Å². The molecule has 0 bridgehead atoms. The molecule has 0 saturated carbocycles. The molecule has 1 atom stereocenters. The molecule has 7 heteroatoms. The number of rotatable bonds is 3. The summed E-state index contributed by atoms with van der Waals surface area (Å²) in [6, 6.07) is 0. The molecular formula is C15H25ClN4OS. The molecule has 0 aliphatic carbocycles. The Morgan fingerprint density at radius 3 is 2.86 bits per heavy atom. The lowest BCUT2D eigenvalue weighted by Crippen LogP contribution is -2.51. The first-order valence-electron chi connectivity index (χ1n) is 7.85. The van der Waals surface area contributed by atoms with Crippen LogP contribution in [0, 0.1) is 12.8 Å². The lowest BCUT2D eigenvalue weighted by Gasteiger charge is -2.36. The molecule has 1 aromatic heterocycles. The summed E-state index contributed by atoms with van der Waals surface area (Å²) in [4.78, 5) is 21.6.